The van der Waals surface area contributed by atoms with E-state index >= 15 is 0 Å². The average molecular weight is 264 g/mol. The van der Waals surface area contributed by atoms with Crippen LogP contribution in [0.3, 0.4) is 0 Å². The van der Waals surface area contributed by atoms with E-state index in [1.807, 2.05) is 13.0 Å². The number of benzene rings is 1. The Kier molecular flexibility index (Phi) is 7.01. The molecule has 1 rings (SSSR count). The molecule has 1 aromatic carbocycles. The molecule has 0 amide bonds. The maximum atomic E-state index is 11.1. The van der Waals surface area contributed by atoms with Crippen molar-refractivity contribution < 1.29 is 14.3 Å². The molecule has 1 aromatic rings. The van der Waals surface area contributed by atoms with Gasteiger partial charge in [-0.3, -0.25) is 4.79 Å². The second kappa shape index (κ2) is 8.57. The summed E-state index contributed by atoms with van der Waals surface area (Å²) in [5, 5.41) is 0. The van der Waals surface area contributed by atoms with Crippen LogP contribution in [0.5, 0.6) is 5.75 Å². The summed E-state index contributed by atoms with van der Waals surface area (Å²) >= 11 is 0. The number of hydrogen-bond acceptors (Lipinski definition) is 3. The Bertz CT molecular complexity index is 399. The van der Waals surface area contributed by atoms with E-state index in [9.17, 15) is 4.79 Å². The molecule has 0 N–H and O–H groups in total. The van der Waals surface area contributed by atoms with Gasteiger partial charge in [0, 0.05) is 6.42 Å². The predicted molar refractivity (Wildman–Crippen MR) is 76.5 cm³/mol. The maximum absolute atomic E-state index is 11.1. The fourth-order valence-corrected chi connectivity index (χ4v) is 1.78. The Labute approximate surface area is 115 Å². The highest BCUT2D eigenvalue weighted by atomic mass is 16.5. The van der Waals surface area contributed by atoms with E-state index in [1.54, 1.807) is 0 Å². The van der Waals surface area contributed by atoms with Crippen LogP contribution in [-0.2, 0) is 9.53 Å². The van der Waals surface area contributed by atoms with Crippen LogP contribution in [0.2, 0.25) is 0 Å². The fraction of sp³-hybridized carbons (Fsp3) is 0.562. The summed E-state index contributed by atoms with van der Waals surface area (Å²) < 4.78 is 10.6. The topological polar surface area (TPSA) is 35.5 Å². The van der Waals surface area contributed by atoms with Crippen molar-refractivity contribution in [2.45, 2.75) is 46.5 Å². The lowest BCUT2D eigenvalue weighted by Crippen LogP contribution is -2.04. The minimum absolute atomic E-state index is 0.0995. The summed E-state index contributed by atoms with van der Waals surface area (Å²) in [6.45, 7) is 7.17. The molecule has 0 atom stereocenters. The fourth-order valence-electron chi connectivity index (χ4n) is 1.78. The summed E-state index contributed by atoms with van der Waals surface area (Å²) in [7, 11) is 0. The van der Waals surface area contributed by atoms with E-state index in [1.165, 1.54) is 11.1 Å². The lowest BCUT2D eigenvalue weighted by Gasteiger charge is -2.08. The molecule has 3 nitrogen and oxygen atoms in total. The Morgan fingerprint density at radius 2 is 1.89 bits per heavy atom. The van der Waals surface area contributed by atoms with Gasteiger partial charge in [0.15, 0.2) is 0 Å². The Balaban J connectivity index is 2.10. The van der Waals surface area contributed by atoms with Gasteiger partial charge in [0.2, 0.25) is 0 Å². The summed E-state index contributed by atoms with van der Waals surface area (Å²) in [5.74, 6) is 0.825. The first-order valence-corrected chi connectivity index (χ1v) is 6.99. The Morgan fingerprint density at radius 3 is 2.58 bits per heavy atom. The maximum Gasteiger partial charge on any atom is 0.305 e. The molecule has 3 heteroatoms. The van der Waals surface area contributed by atoms with Crippen molar-refractivity contribution in [3.63, 3.8) is 0 Å². The monoisotopic (exact) mass is 264 g/mol. The second-order valence-electron chi connectivity index (χ2n) is 4.71. The molecule has 0 saturated carbocycles. The van der Waals surface area contributed by atoms with Crippen LogP contribution < -0.4 is 4.74 Å². The van der Waals surface area contributed by atoms with E-state index in [4.69, 9.17) is 9.47 Å². The molecule has 0 radical (unpaired) electrons. The molecule has 0 aliphatic rings. The Morgan fingerprint density at radius 1 is 1.11 bits per heavy atom. The molecular weight excluding hydrogens is 240 g/mol. The van der Waals surface area contributed by atoms with Crippen LogP contribution in [0, 0.1) is 13.8 Å². The molecule has 0 bridgehead atoms. The molecule has 19 heavy (non-hydrogen) atoms. The molecule has 0 spiro atoms. The third-order valence-corrected chi connectivity index (χ3v) is 3.08. The van der Waals surface area contributed by atoms with Gasteiger partial charge >= 0.3 is 5.97 Å². The van der Waals surface area contributed by atoms with Crippen molar-refractivity contribution in [1.82, 2.24) is 0 Å². The molecule has 0 aliphatic heterocycles. The van der Waals surface area contributed by atoms with Crippen molar-refractivity contribution in [1.29, 1.82) is 0 Å². The standard InChI is InChI=1S/C16H24O3/c1-4-18-16(17)8-6-5-7-11-19-15-10-9-13(2)14(3)12-15/h9-10,12H,4-8,11H2,1-3H3. The molecule has 0 aromatic heterocycles. The normalized spacial score (nSPS) is 10.3. The van der Waals surface area contributed by atoms with Gasteiger partial charge < -0.3 is 9.47 Å². The van der Waals surface area contributed by atoms with Crippen LogP contribution in [-0.4, -0.2) is 19.2 Å². The first kappa shape index (κ1) is 15.5. The van der Waals surface area contributed by atoms with Gasteiger partial charge in [-0.1, -0.05) is 6.07 Å². The summed E-state index contributed by atoms with van der Waals surface area (Å²) in [6.07, 6.45) is 3.34. The summed E-state index contributed by atoms with van der Waals surface area (Å²) in [5.41, 5.74) is 2.53. The number of aryl methyl sites for hydroxylation is 2. The predicted octanol–water partition coefficient (Wildman–Crippen LogP) is 3.81. The van der Waals surface area contributed by atoms with Gasteiger partial charge in [-0.25, -0.2) is 0 Å². The zero-order chi connectivity index (χ0) is 14.1. The molecule has 0 fully saturated rings. The van der Waals surface area contributed by atoms with Gasteiger partial charge in [0.1, 0.15) is 5.75 Å². The SMILES string of the molecule is CCOC(=O)CCCCCOc1ccc(C)c(C)c1. The number of carbonyl (C=O) groups is 1. The first-order chi connectivity index (χ1) is 9.13. The van der Waals surface area contributed by atoms with Crippen molar-refractivity contribution in [3.05, 3.63) is 29.3 Å². The minimum Gasteiger partial charge on any atom is -0.494 e. The van der Waals surface area contributed by atoms with E-state index in [2.05, 4.69) is 26.0 Å². The van der Waals surface area contributed by atoms with Gasteiger partial charge in [0.05, 0.1) is 13.2 Å². The highest BCUT2D eigenvalue weighted by Crippen LogP contribution is 2.16. The van der Waals surface area contributed by atoms with Gasteiger partial charge in [-0.15, -0.1) is 0 Å². The zero-order valence-corrected chi connectivity index (χ0v) is 12.2. The number of hydrogen-bond donors (Lipinski definition) is 0. The van der Waals surface area contributed by atoms with E-state index in [0.717, 1.165) is 25.0 Å². The van der Waals surface area contributed by atoms with Gasteiger partial charge in [-0.05, 0) is 63.3 Å². The number of unbranched alkanes of at least 4 members (excludes halogenated alkanes) is 2. The quantitative estimate of drug-likeness (QED) is 0.529. The van der Waals surface area contributed by atoms with E-state index in [0.29, 0.717) is 19.6 Å². The van der Waals surface area contributed by atoms with Crippen LogP contribution in [0.25, 0.3) is 0 Å². The van der Waals surface area contributed by atoms with Crippen molar-refractivity contribution in [2.24, 2.45) is 0 Å². The number of esters is 1. The Hall–Kier alpha value is -1.51. The molecule has 0 saturated heterocycles. The summed E-state index contributed by atoms with van der Waals surface area (Å²) in [4.78, 5) is 11.1. The lowest BCUT2D eigenvalue weighted by molar-refractivity contribution is -0.143. The third-order valence-electron chi connectivity index (χ3n) is 3.08. The van der Waals surface area contributed by atoms with Gasteiger partial charge in [-0.2, -0.15) is 0 Å². The zero-order valence-electron chi connectivity index (χ0n) is 12.2. The minimum atomic E-state index is -0.0995. The third kappa shape index (κ3) is 6.27. The van der Waals surface area contributed by atoms with Crippen molar-refractivity contribution in [2.75, 3.05) is 13.2 Å². The van der Waals surface area contributed by atoms with Crippen LogP contribution >= 0.6 is 0 Å². The van der Waals surface area contributed by atoms with Crippen molar-refractivity contribution >= 4 is 5.97 Å². The first-order valence-electron chi connectivity index (χ1n) is 6.99. The largest absolute Gasteiger partial charge is 0.494 e. The average Bonchev–Trinajstić information content (AvgIpc) is 2.38. The van der Waals surface area contributed by atoms with Crippen molar-refractivity contribution in [3.8, 4) is 5.75 Å². The number of ether oxygens (including phenoxy) is 2. The molecule has 0 heterocycles. The lowest BCUT2D eigenvalue weighted by atomic mass is 10.1. The molecule has 0 aliphatic carbocycles. The van der Waals surface area contributed by atoms with E-state index < -0.39 is 0 Å². The smallest absolute Gasteiger partial charge is 0.305 e. The van der Waals surface area contributed by atoms with Crippen LogP contribution in [0.1, 0.15) is 43.7 Å². The summed E-state index contributed by atoms with van der Waals surface area (Å²) in [6, 6.07) is 6.14. The van der Waals surface area contributed by atoms with Crippen LogP contribution in [0.4, 0.5) is 0 Å². The van der Waals surface area contributed by atoms with E-state index in [-0.39, 0.29) is 5.97 Å². The van der Waals surface area contributed by atoms with Crippen LogP contribution in [0.15, 0.2) is 18.2 Å². The highest BCUT2D eigenvalue weighted by Gasteiger charge is 2.01. The second-order valence-corrected chi connectivity index (χ2v) is 4.71. The number of carbonyl (C=O) groups excluding carboxylic acids is 1. The number of rotatable bonds is 8. The molecule has 106 valence electrons. The molecule has 0 unspecified atom stereocenters. The van der Waals surface area contributed by atoms with Gasteiger partial charge in [0.25, 0.3) is 0 Å². The highest BCUT2D eigenvalue weighted by molar-refractivity contribution is 5.69. The molecular formula is C16H24O3.